The Morgan fingerprint density at radius 2 is 1.68 bits per heavy atom. The van der Waals surface area contributed by atoms with Crippen molar-refractivity contribution in [1.29, 1.82) is 0 Å². The molecule has 6 nitrogen and oxygen atoms in total. The molecule has 1 aromatic heterocycles. The molecular weight excluding hydrogens is 432 g/mol. The number of hydrogen-bond acceptors (Lipinski definition) is 4. The number of anilines is 1. The molecule has 1 heterocycles. The molecule has 2 amide bonds. The molecule has 1 fully saturated rings. The van der Waals surface area contributed by atoms with Crippen molar-refractivity contribution in [2.24, 2.45) is 11.7 Å². The number of benzene rings is 1. The molecule has 2 aromatic rings. The quantitative estimate of drug-likeness (QED) is 0.673. The molecule has 0 atom stereocenters. The number of carbonyl (C=O) groups is 2. The number of aromatic nitrogens is 1. The van der Waals surface area contributed by atoms with Gasteiger partial charge in [0, 0.05) is 17.4 Å². The summed E-state index contributed by atoms with van der Waals surface area (Å²) in [5.74, 6) is -3.82. The molecule has 3 N–H and O–H groups in total. The van der Waals surface area contributed by atoms with Crippen LogP contribution in [0.25, 0.3) is 0 Å². The molecular formula is C19H15F6N3O3. The third kappa shape index (κ3) is 5.25. The Hall–Kier alpha value is -3.31. The molecule has 1 aliphatic carbocycles. The van der Waals surface area contributed by atoms with E-state index in [-0.39, 0.29) is 24.1 Å². The number of carbonyl (C=O) groups excluding carboxylic acids is 2. The van der Waals surface area contributed by atoms with E-state index in [0.717, 1.165) is 0 Å². The summed E-state index contributed by atoms with van der Waals surface area (Å²) < 4.78 is 82.3. The van der Waals surface area contributed by atoms with Gasteiger partial charge in [-0.05, 0) is 43.2 Å². The van der Waals surface area contributed by atoms with Crippen LogP contribution in [0.5, 0.6) is 5.88 Å². The van der Waals surface area contributed by atoms with E-state index in [1.165, 1.54) is 24.3 Å². The van der Waals surface area contributed by atoms with Crippen LogP contribution in [0, 0.1) is 5.92 Å². The summed E-state index contributed by atoms with van der Waals surface area (Å²) in [6.07, 6.45) is -10.5. The van der Waals surface area contributed by atoms with Gasteiger partial charge in [-0.3, -0.25) is 9.59 Å². The number of nitrogens with two attached hydrogens (primary N) is 1. The molecule has 0 aliphatic heterocycles. The third-order valence-electron chi connectivity index (χ3n) is 4.69. The first-order chi connectivity index (χ1) is 14.3. The van der Waals surface area contributed by atoms with Crippen molar-refractivity contribution in [1.82, 2.24) is 4.98 Å². The first-order valence-corrected chi connectivity index (χ1v) is 8.86. The predicted molar refractivity (Wildman–Crippen MR) is 95.3 cm³/mol. The highest BCUT2D eigenvalue weighted by atomic mass is 19.4. The summed E-state index contributed by atoms with van der Waals surface area (Å²) in [5, 5.41) is 2.33. The Morgan fingerprint density at radius 1 is 1.06 bits per heavy atom. The van der Waals surface area contributed by atoms with Crippen LogP contribution in [0.15, 0.2) is 36.5 Å². The van der Waals surface area contributed by atoms with Crippen molar-refractivity contribution in [2.45, 2.75) is 31.3 Å². The van der Waals surface area contributed by atoms with Crippen molar-refractivity contribution in [3.63, 3.8) is 0 Å². The third-order valence-corrected chi connectivity index (χ3v) is 4.69. The van der Waals surface area contributed by atoms with Crippen molar-refractivity contribution in [3.05, 3.63) is 53.2 Å². The normalized spacial score (nSPS) is 18.8. The lowest BCUT2D eigenvalue weighted by atomic mass is 9.82. The Kier molecular flexibility index (Phi) is 5.83. The number of nitrogens with zero attached hydrogens (tertiary/aromatic N) is 1. The second-order valence-corrected chi connectivity index (χ2v) is 6.92. The Balaban J connectivity index is 1.82. The molecule has 1 aromatic carbocycles. The number of alkyl halides is 6. The average Bonchev–Trinajstić information content (AvgIpc) is 2.62. The van der Waals surface area contributed by atoms with Crippen LogP contribution in [0.2, 0.25) is 0 Å². The minimum Gasteiger partial charge on any atom is -0.474 e. The predicted octanol–water partition coefficient (Wildman–Crippen LogP) is 4.17. The zero-order valence-corrected chi connectivity index (χ0v) is 15.6. The van der Waals surface area contributed by atoms with Gasteiger partial charge in [0.1, 0.15) is 11.7 Å². The number of nitrogens with one attached hydrogen (secondary N) is 1. The van der Waals surface area contributed by atoms with Gasteiger partial charge in [-0.25, -0.2) is 4.98 Å². The van der Waals surface area contributed by atoms with Gasteiger partial charge in [0.25, 0.3) is 5.91 Å². The van der Waals surface area contributed by atoms with Crippen LogP contribution in [0.3, 0.4) is 0 Å². The fraction of sp³-hybridized carbons (Fsp3) is 0.316. The van der Waals surface area contributed by atoms with E-state index >= 15 is 0 Å². The minimum atomic E-state index is -4.80. The van der Waals surface area contributed by atoms with Gasteiger partial charge in [0.2, 0.25) is 11.8 Å². The second-order valence-electron chi connectivity index (χ2n) is 6.92. The lowest BCUT2D eigenvalue weighted by Crippen LogP contribution is -2.42. The lowest BCUT2D eigenvalue weighted by Gasteiger charge is -2.36. The number of halogens is 6. The number of rotatable bonds is 5. The van der Waals surface area contributed by atoms with E-state index in [1.807, 2.05) is 0 Å². The van der Waals surface area contributed by atoms with Gasteiger partial charge in [-0.2, -0.15) is 26.3 Å². The van der Waals surface area contributed by atoms with E-state index < -0.39 is 53.2 Å². The lowest BCUT2D eigenvalue weighted by molar-refractivity contribution is -0.210. The number of hydrogen-bond donors (Lipinski definition) is 2. The number of primary amides is 1. The highest BCUT2D eigenvalue weighted by Gasteiger charge is 2.49. The van der Waals surface area contributed by atoms with Crippen LogP contribution >= 0.6 is 0 Å². The molecule has 166 valence electrons. The second kappa shape index (κ2) is 8.08. The molecule has 31 heavy (non-hydrogen) atoms. The highest BCUT2D eigenvalue weighted by Crippen LogP contribution is 2.43. The summed E-state index contributed by atoms with van der Waals surface area (Å²) in [4.78, 5) is 27.2. The largest absolute Gasteiger partial charge is 0.474 e. The standard InChI is InChI=1S/C19H15F6N3O3/c20-18(21,22)10-5-13(6-10)31-17-14(7-11(8-27-17)19(23,24)25)16(30)28-12-3-1-9(2-4-12)15(26)29/h1-4,7-8,10,13H,5-6H2,(H2,26,29)(H,28,30). The molecule has 0 saturated heterocycles. The molecule has 1 aliphatic rings. The van der Waals surface area contributed by atoms with E-state index in [1.54, 1.807) is 0 Å². The monoisotopic (exact) mass is 447 g/mol. The van der Waals surface area contributed by atoms with Crippen LogP contribution in [0.1, 0.15) is 39.1 Å². The zero-order valence-electron chi connectivity index (χ0n) is 15.6. The fourth-order valence-electron chi connectivity index (χ4n) is 2.87. The van der Waals surface area contributed by atoms with Gasteiger partial charge in [0.05, 0.1) is 11.5 Å². The van der Waals surface area contributed by atoms with Gasteiger partial charge in [-0.1, -0.05) is 0 Å². The minimum absolute atomic E-state index is 0.138. The van der Waals surface area contributed by atoms with E-state index in [0.29, 0.717) is 12.3 Å². The van der Waals surface area contributed by atoms with Crippen LogP contribution in [-0.4, -0.2) is 29.1 Å². The number of amides is 2. The summed E-state index contributed by atoms with van der Waals surface area (Å²) >= 11 is 0. The summed E-state index contributed by atoms with van der Waals surface area (Å²) in [6, 6.07) is 5.71. The first-order valence-electron chi connectivity index (χ1n) is 8.86. The highest BCUT2D eigenvalue weighted by molar-refractivity contribution is 6.06. The van der Waals surface area contributed by atoms with Crippen molar-refractivity contribution in [3.8, 4) is 5.88 Å². The maximum atomic E-state index is 13.1. The van der Waals surface area contributed by atoms with Crippen LogP contribution < -0.4 is 15.8 Å². The number of pyridine rings is 1. The van der Waals surface area contributed by atoms with Crippen molar-refractivity contribution < 1.29 is 40.7 Å². The van der Waals surface area contributed by atoms with Crippen LogP contribution in [0.4, 0.5) is 32.0 Å². The van der Waals surface area contributed by atoms with Crippen molar-refractivity contribution in [2.75, 3.05) is 5.32 Å². The van der Waals surface area contributed by atoms with Crippen LogP contribution in [-0.2, 0) is 6.18 Å². The number of ether oxygens (including phenoxy) is 1. The molecule has 0 spiro atoms. The van der Waals surface area contributed by atoms with Crippen molar-refractivity contribution >= 4 is 17.5 Å². The summed E-state index contributed by atoms with van der Waals surface area (Å²) in [7, 11) is 0. The van der Waals surface area contributed by atoms with Gasteiger partial charge in [-0.15, -0.1) is 0 Å². The Bertz CT molecular complexity index is 983. The molecule has 0 unspecified atom stereocenters. The molecule has 3 rings (SSSR count). The maximum absolute atomic E-state index is 13.1. The molecule has 0 bridgehead atoms. The zero-order chi connectivity index (χ0) is 23.0. The van der Waals surface area contributed by atoms with E-state index in [9.17, 15) is 35.9 Å². The SMILES string of the molecule is NC(=O)c1ccc(NC(=O)c2cc(C(F)(F)F)cnc2OC2CC(C(F)(F)F)C2)cc1. The fourth-order valence-corrected chi connectivity index (χ4v) is 2.87. The van der Waals surface area contributed by atoms with E-state index in [4.69, 9.17) is 10.5 Å². The maximum Gasteiger partial charge on any atom is 0.417 e. The molecule has 0 radical (unpaired) electrons. The van der Waals surface area contributed by atoms with E-state index in [2.05, 4.69) is 10.3 Å². The summed E-state index contributed by atoms with van der Waals surface area (Å²) in [6.45, 7) is 0. The van der Waals surface area contributed by atoms with Gasteiger partial charge < -0.3 is 15.8 Å². The Labute approximate surface area is 171 Å². The first kappa shape index (κ1) is 22.4. The topological polar surface area (TPSA) is 94.3 Å². The van der Waals surface area contributed by atoms with Gasteiger partial charge in [0.15, 0.2) is 0 Å². The van der Waals surface area contributed by atoms with Gasteiger partial charge >= 0.3 is 12.4 Å². The molecule has 12 heteroatoms. The summed E-state index contributed by atoms with van der Waals surface area (Å²) in [5.41, 5.74) is 3.57. The average molecular weight is 447 g/mol. The molecule has 1 saturated carbocycles. The smallest absolute Gasteiger partial charge is 0.417 e. The Morgan fingerprint density at radius 3 is 2.19 bits per heavy atom.